The SMILES string of the molecule is CCC[C@@H]1C(=O)OCc2c1cc1n(c2=O)Cc2c-1nc1cc(F)c(C)c3c1c2[C@@H](NC(=O)COCNC(=O)CNC(=O)[C@H](Cc1ccccc1)NC(=O)CNC(=O)CNC(=O)CCCCCN1C(=O)C=CC1O)CC3. The number of halogens is 1. The molecule has 22 heteroatoms. The third-order valence-corrected chi connectivity index (χ3v) is 13.9. The van der Waals surface area contributed by atoms with Crippen molar-refractivity contribution in [2.45, 2.75) is 109 Å². The number of unbranched alkanes of at least 4 members (excludes halogenated alkanes) is 2. The predicted octanol–water partition coefficient (Wildman–Crippen LogP) is 1.36. The van der Waals surface area contributed by atoms with Crippen molar-refractivity contribution in [3.8, 4) is 11.4 Å². The lowest BCUT2D eigenvalue weighted by atomic mass is 9.81. The summed E-state index contributed by atoms with van der Waals surface area (Å²) in [5, 5.41) is 26.0. The van der Waals surface area contributed by atoms with Gasteiger partial charge >= 0.3 is 5.97 Å². The number of carbonyl (C=O) groups is 8. The molecule has 4 aliphatic rings. The van der Waals surface area contributed by atoms with Crippen LogP contribution in [-0.2, 0) is 73.8 Å². The smallest absolute Gasteiger partial charge is 0.313 e. The number of pyridine rings is 2. The molecule has 7 N–H and O–H groups in total. The van der Waals surface area contributed by atoms with E-state index < -0.39 is 86.0 Å². The standard InChI is InChI=1S/C53H60FN9O12/c1-3-10-32-33-20-40-50-34(25-63(40)52(72)35(33)26-75-53(32)73)49-37(15-14-31-29(2)36(54)21-38(61-50)48(31)49)59-45(68)27-74-28-58-43(66)23-57-51(71)39(19-30-11-6-4-7-12-30)60-44(67)24-56-42(65)22-55-41(64)13-8-5-9-18-62-46(69)16-17-47(62)70/h4,6-7,11-12,16-17,20-21,32,37,39,46,69H,3,5,8-10,13-15,18-19,22-28H2,1-2H3,(H,55,64)(H,56,65)(H,57,71)(H,58,66)(H,59,68)(H,60,67)/t32-,37-,39-,46?/m0/s1. The normalized spacial score (nSPS) is 17.3. The number of aryl methyl sites for hydroxylation is 1. The van der Waals surface area contributed by atoms with E-state index in [1.165, 1.54) is 23.1 Å². The number of ether oxygens (including phenoxy) is 2. The summed E-state index contributed by atoms with van der Waals surface area (Å²) in [6, 6.07) is 10.3. The largest absolute Gasteiger partial charge is 0.460 e. The predicted molar refractivity (Wildman–Crippen MR) is 267 cm³/mol. The van der Waals surface area contributed by atoms with Gasteiger partial charge in [0.05, 0.1) is 60.6 Å². The number of cyclic esters (lactones) is 1. The zero-order valence-electron chi connectivity index (χ0n) is 41.7. The Kier molecular flexibility index (Phi) is 17.1. The van der Waals surface area contributed by atoms with E-state index in [-0.39, 0.29) is 55.9 Å². The lowest BCUT2D eigenvalue weighted by molar-refractivity contribution is -0.148. The summed E-state index contributed by atoms with van der Waals surface area (Å²) >= 11 is 0. The molecule has 0 fully saturated rings. The molecular formula is C53H60FN9O12. The first-order valence-electron chi connectivity index (χ1n) is 25.1. The van der Waals surface area contributed by atoms with Gasteiger partial charge in [-0.05, 0) is 79.0 Å². The van der Waals surface area contributed by atoms with Crippen LogP contribution in [0.3, 0.4) is 0 Å². The van der Waals surface area contributed by atoms with Crippen molar-refractivity contribution in [3.05, 3.63) is 110 Å². The van der Waals surface area contributed by atoms with Crippen LogP contribution in [0.1, 0.15) is 103 Å². The van der Waals surface area contributed by atoms with Crippen molar-refractivity contribution in [3.63, 3.8) is 0 Å². The highest BCUT2D eigenvalue weighted by Crippen LogP contribution is 2.45. The number of carbonyl (C=O) groups excluding carboxylic acids is 8. The number of hydrogen-bond acceptors (Lipinski definition) is 13. The molecule has 396 valence electrons. The molecule has 75 heavy (non-hydrogen) atoms. The number of rotatable bonds is 23. The summed E-state index contributed by atoms with van der Waals surface area (Å²) in [7, 11) is 0. The monoisotopic (exact) mass is 1030 g/mol. The molecule has 0 saturated carbocycles. The fourth-order valence-electron chi connectivity index (χ4n) is 10.1. The lowest BCUT2D eigenvalue weighted by Gasteiger charge is -2.29. The number of nitrogens with zero attached hydrogens (tertiary/aromatic N) is 3. The second-order valence-corrected chi connectivity index (χ2v) is 19.0. The molecule has 0 bridgehead atoms. The number of aliphatic hydroxyl groups is 1. The maximum atomic E-state index is 15.4. The van der Waals surface area contributed by atoms with Crippen molar-refractivity contribution in [2.75, 3.05) is 39.5 Å². The molecule has 1 unspecified atom stereocenters. The number of esters is 1. The van der Waals surface area contributed by atoms with Crippen LogP contribution in [0, 0.1) is 12.7 Å². The molecule has 2 aromatic heterocycles. The average molecular weight is 1030 g/mol. The minimum Gasteiger partial charge on any atom is -0.460 e. The van der Waals surface area contributed by atoms with Crippen LogP contribution in [0.2, 0.25) is 0 Å². The highest BCUT2D eigenvalue weighted by Gasteiger charge is 2.38. The van der Waals surface area contributed by atoms with E-state index in [4.69, 9.17) is 14.5 Å². The van der Waals surface area contributed by atoms with Gasteiger partial charge in [0.1, 0.15) is 38.0 Å². The van der Waals surface area contributed by atoms with Crippen LogP contribution in [0.25, 0.3) is 22.3 Å². The van der Waals surface area contributed by atoms with Crippen LogP contribution in [0.4, 0.5) is 4.39 Å². The van der Waals surface area contributed by atoms with Gasteiger partial charge in [0, 0.05) is 42.5 Å². The van der Waals surface area contributed by atoms with Gasteiger partial charge in [-0.25, -0.2) is 9.37 Å². The Morgan fingerprint density at radius 3 is 2.40 bits per heavy atom. The Labute approximate surface area is 430 Å². The minimum atomic E-state index is -1.15. The number of nitrogens with one attached hydrogen (secondary N) is 6. The molecule has 7 amide bonds. The third-order valence-electron chi connectivity index (χ3n) is 13.9. The van der Waals surface area contributed by atoms with Crippen LogP contribution in [0.5, 0.6) is 0 Å². The molecule has 21 nitrogen and oxygen atoms in total. The second kappa shape index (κ2) is 24.0. The number of fused-ring (bicyclic) bond motifs is 5. The van der Waals surface area contributed by atoms with E-state index in [1.54, 1.807) is 41.8 Å². The van der Waals surface area contributed by atoms with Crippen molar-refractivity contribution in [1.82, 2.24) is 46.4 Å². The highest BCUT2D eigenvalue weighted by molar-refractivity contribution is 5.95. The van der Waals surface area contributed by atoms with E-state index in [2.05, 4.69) is 31.9 Å². The lowest BCUT2D eigenvalue weighted by Crippen LogP contribution is -2.52. The number of benzene rings is 2. The van der Waals surface area contributed by atoms with E-state index in [0.29, 0.717) is 102 Å². The molecule has 1 aliphatic carbocycles. The Morgan fingerprint density at radius 1 is 0.893 bits per heavy atom. The van der Waals surface area contributed by atoms with Crippen LogP contribution in [0.15, 0.2) is 59.4 Å². The zero-order chi connectivity index (χ0) is 53.3. The Morgan fingerprint density at radius 2 is 1.64 bits per heavy atom. The maximum Gasteiger partial charge on any atom is 0.313 e. The summed E-state index contributed by atoms with van der Waals surface area (Å²) in [6.45, 7) is 1.75. The first kappa shape index (κ1) is 53.4. The molecule has 5 heterocycles. The van der Waals surface area contributed by atoms with Crippen LogP contribution in [-0.4, -0.2) is 119 Å². The minimum absolute atomic E-state index is 0.0509. The maximum absolute atomic E-state index is 15.4. The van der Waals surface area contributed by atoms with Crippen LogP contribution >= 0.6 is 0 Å². The Bertz CT molecular complexity index is 3020. The topological polar surface area (TPSA) is 286 Å². The first-order valence-corrected chi connectivity index (χ1v) is 25.1. The molecule has 2 aromatic carbocycles. The van der Waals surface area contributed by atoms with E-state index in [1.807, 2.05) is 13.0 Å². The summed E-state index contributed by atoms with van der Waals surface area (Å²) in [4.78, 5) is 122. The van der Waals surface area contributed by atoms with Gasteiger partial charge in [-0.15, -0.1) is 0 Å². The molecular weight excluding hydrogens is 974 g/mol. The molecule has 4 aromatic rings. The number of hydrogen-bond donors (Lipinski definition) is 7. The first-order chi connectivity index (χ1) is 36.1. The number of aliphatic hydroxyl groups excluding tert-OH is 1. The summed E-state index contributed by atoms with van der Waals surface area (Å²) in [6.07, 6.45) is 5.69. The number of amides is 7. The average Bonchev–Trinajstić information content (AvgIpc) is 3.93. The second-order valence-electron chi connectivity index (χ2n) is 19.0. The van der Waals surface area contributed by atoms with Gasteiger partial charge < -0.3 is 55.9 Å². The van der Waals surface area contributed by atoms with Gasteiger partial charge in [-0.3, -0.25) is 43.2 Å². The van der Waals surface area contributed by atoms with Gasteiger partial charge in [-0.1, -0.05) is 50.1 Å². The van der Waals surface area contributed by atoms with Gasteiger partial charge in [0.25, 0.3) is 5.56 Å². The van der Waals surface area contributed by atoms with Crippen molar-refractivity contribution < 1.29 is 57.3 Å². The molecule has 8 rings (SSSR count). The fraction of sp³-hybridized carbons (Fsp3) is 0.434. The Hall–Kier alpha value is -7.85. The number of aromatic nitrogens is 2. The van der Waals surface area contributed by atoms with Crippen LogP contribution < -0.4 is 37.5 Å². The van der Waals surface area contributed by atoms with Gasteiger partial charge in [0.15, 0.2) is 0 Å². The van der Waals surface area contributed by atoms with Gasteiger partial charge in [0.2, 0.25) is 41.4 Å². The molecule has 0 spiro atoms. The van der Waals surface area contributed by atoms with Crippen molar-refractivity contribution in [1.29, 1.82) is 0 Å². The summed E-state index contributed by atoms with van der Waals surface area (Å²) < 4.78 is 27.9. The van der Waals surface area contributed by atoms with E-state index in [9.17, 15) is 48.3 Å². The quantitative estimate of drug-likeness (QED) is 0.0277. The molecule has 0 radical (unpaired) electrons. The van der Waals surface area contributed by atoms with Gasteiger partial charge in [-0.2, -0.15) is 0 Å². The Balaban J connectivity index is 0.802. The third kappa shape index (κ3) is 12.4. The highest BCUT2D eigenvalue weighted by atomic mass is 19.1. The van der Waals surface area contributed by atoms with E-state index >= 15 is 4.39 Å². The summed E-state index contributed by atoms with van der Waals surface area (Å²) in [5.74, 6) is -5.27. The fourth-order valence-corrected chi connectivity index (χ4v) is 10.1. The van der Waals surface area contributed by atoms with Crippen molar-refractivity contribution in [2.24, 2.45) is 0 Å². The summed E-state index contributed by atoms with van der Waals surface area (Å²) in [5.41, 5.74) is 5.45. The van der Waals surface area contributed by atoms with Crippen molar-refractivity contribution >= 4 is 58.2 Å². The molecule has 3 aliphatic heterocycles. The molecule has 4 atom stereocenters. The zero-order valence-corrected chi connectivity index (χ0v) is 41.7. The molecule has 0 saturated heterocycles. The van der Waals surface area contributed by atoms with E-state index in [0.717, 1.165) is 11.1 Å².